The van der Waals surface area contributed by atoms with Gasteiger partial charge in [0, 0.05) is 11.8 Å². The van der Waals surface area contributed by atoms with E-state index < -0.39 is 24.0 Å². The molecule has 1 unspecified atom stereocenters. The number of carbonyl (C=O) groups is 3. The number of hydrogen-bond acceptors (Lipinski definition) is 6. The van der Waals surface area contributed by atoms with Gasteiger partial charge in [0.2, 0.25) is 0 Å². The van der Waals surface area contributed by atoms with Gasteiger partial charge in [-0.15, -0.1) is 0 Å². The molecule has 8 nitrogen and oxygen atoms in total. The van der Waals surface area contributed by atoms with Crippen LogP contribution in [0.4, 0.5) is 4.79 Å². The lowest BCUT2D eigenvalue weighted by molar-refractivity contribution is -0.157. The third kappa shape index (κ3) is 4.26. The summed E-state index contributed by atoms with van der Waals surface area (Å²) in [7, 11) is 0. The number of hydrogen-bond donors (Lipinski definition) is 3. The Kier molecular flexibility index (Phi) is 4.81. The number of ether oxygens (including phenoxy) is 1. The van der Waals surface area contributed by atoms with Crippen LogP contribution in [0.2, 0.25) is 0 Å². The summed E-state index contributed by atoms with van der Waals surface area (Å²) in [6.45, 7) is 5.07. The zero-order valence-electron chi connectivity index (χ0n) is 10.3. The minimum absolute atomic E-state index is 0.0598. The van der Waals surface area contributed by atoms with Crippen molar-refractivity contribution in [3.8, 4) is 0 Å². The molecule has 102 valence electrons. The first-order chi connectivity index (χ1) is 8.91. The standard InChI is InChI=1S/C11H14N4O4/c1-6(2)9(16)19-10(17)7(15-11(12)18)8-13-4-3-5-14-8/h3-4,7H,1,5H2,2H3,(H,13,14)(H3,12,15,18). The van der Waals surface area contributed by atoms with E-state index >= 15 is 0 Å². The smallest absolute Gasteiger partial charge is 0.344 e. The van der Waals surface area contributed by atoms with E-state index in [9.17, 15) is 14.4 Å². The Morgan fingerprint density at radius 2 is 2.26 bits per heavy atom. The van der Waals surface area contributed by atoms with Crippen molar-refractivity contribution >= 4 is 23.8 Å². The van der Waals surface area contributed by atoms with Gasteiger partial charge in [-0.05, 0) is 13.0 Å². The normalized spacial score (nSPS) is 14.7. The van der Waals surface area contributed by atoms with E-state index in [1.807, 2.05) is 0 Å². The summed E-state index contributed by atoms with van der Waals surface area (Å²) < 4.78 is 4.54. The molecule has 4 N–H and O–H groups in total. The average Bonchev–Trinajstić information content (AvgIpc) is 2.36. The van der Waals surface area contributed by atoms with Gasteiger partial charge in [0.25, 0.3) is 0 Å². The van der Waals surface area contributed by atoms with Gasteiger partial charge < -0.3 is 21.1 Å². The molecule has 0 bridgehead atoms. The minimum atomic E-state index is -1.27. The second-order valence-electron chi connectivity index (χ2n) is 3.70. The van der Waals surface area contributed by atoms with Crippen LogP contribution in [0.3, 0.4) is 0 Å². The lowest BCUT2D eigenvalue weighted by Gasteiger charge is -2.19. The molecule has 1 aliphatic heterocycles. The number of rotatable bonds is 4. The van der Waals surface area contributed by atoms with Crippen molar-refractivity contribution in [2.75, 3.05) is 6.54 Å². The number of nitrogens with two attached hydrogens (primary N) is 1. The summed E-state index contributed by atoms with van der Waals surface area (Å²) in [5.74, 6) is -1.73. The van der Waals surface area contributed by atoms with Crippen molar-refractivity contribution in [2.24, 2.45) is 10.7 Å². The SMILES string of the molecule is C=C(C)C(=O)OC(=O)C(NC(N)=O)C1=NCC=CN1. The zero-order chi connectivity index (χ0) is 14.4. The number of esters is 2. The van der Waals surface area contributed by atoms with Crippen LogP contribution in [0.25, 0.3) is 0 Å². The monoisotopic (exact) mass is 266 g/mol. The Balaban J connectivity index is 2.81. The van der Waals surface area contributed by atoms with Gasteiger partial charge in [-0.3, -0.25) is 4.99 Å². The lowest BCUT2D eigenvalue weighted by atomic mass is 10.2. The molecule has 1 aliphatic rings. The maximum absolute atomic E-state index is 11.8. The first-order valence-corrected chi connectivity index (χ1v) is 5.35. The maximum Gasteiger partial charge on any atom is 0.344 e. The molecule has 1 atom stereocenters. The molecule has 0 aliphatic carbocycles. The van der Waals surface area contributed by atoms with Gasteiger partial charge in [0.05, 0.1) is 6.54 Å². The van der Waals surface area contributed by atoms with E-state index in [1.54, 1.807) is 12.3 Å². The van der Waals surface area contributed by atoms with Crippen molar-refractivity contribution in [3.63, 3.8) is 0 Å². The summed E-state index contributed by atoms with van der Waals surface area (Å²) >= 11 is 0. The maximum atomic E-state index is 11.8. The summed E-state index contributed by atoms with van der Waals surface area (Å²) in [6.07, 6.45) is 3.25. The molecular weight excluding hydrogens is 252 g/mol. The van der Waals surface area contributed by atoms with Crippen LogP contribution in [0.5, 0.6) is 0 Å². The third-order valence-corrected chi connectivity index (χ3v) is 2.05. The highest BCUT2D eigenvalue weighted by atomic mass is 16.6. The molecule has 0 aromatic carbocycles. The molecule has 1 rings (SSSR count). The topological polar surface area (TPSA) is 123 Å². The highest BCUT2D eigenvalue weighted by Crippen LogP contribution is 2.00. The van der Waals surface area contributed by atoms with E-state index in [2.05, 4.69) is 26.9 Å². The predicted octanol–water partition coefficient (Wildman–Crippen LogP) is -0.815. The van der Waals surface area contributed by atoms with Gasteiger partial charge in [-0.25, -0.2) is 14.4 Å². The lowest BCUT2D eigenvalue weighted by Crippen LogP contribution is -2.53. The molecule has 0 radical (unpaired) electrons. The fraction of sp³-hybridized carbons (Fsp3) is 0.273. The summed E-state index contributed by atoms with van der Waals surface area (Å²) in [4.78, 5) is 37.9. The van der Waals surface area contributed by atoms with Crippen molar-refractivity contribution < 1.29 is 19.1 Å². The Morgan fingerprint density at radius 3 is 2.74 bits per heavy atom. The molecule has 0 saturated heterocycles. The second kappa shape index (κ2) is 6.34. The van der Waals surface area contributed by atoms with Crippen molar-refractivity contribution in [1.82, 2.24) is 10.6 Å². The number of carbonyl (C=O) groups excluding carboxylic acids is 3. The van der Waals surface area contributed by atoms with Crippen LogP contribution in [0.1, 0.15) is 6.92 Å². The van der Waals surface area contributed by atoms with Gasteiger partial charge in [0.15, 0.2) is 6.04 Å². The Morgan fingerprint density at radius 1 is 1.58 bits per heavy atom. The molecule has 0 aromatic heterocycles. The average molecular weight is 266 g/mol. The van der Waals surface area contributed by atoms with Crippen LogP contribution >= 0.6 is 0 Å². The van der Waals surface area contributed by atoms with E-state index in [0.29, 0.717) is 6.54 Å². The minimum Gasteiger partial charge on any atom is -0.388 e. The van der Waals surface area contributed by atoms with Crippen LogP contribution in [0.15, 0.2) is 29.4 Å². The summed E-state index contributed by atoms with van der Waals surface area (Å²) in [6, 6.07) is -2.21. The third-order valence-electron chi connectivity index (χ3n) is 2.05. The first kappa shape index (κ1) is 14.4. The van der Waals surface area contributed by atoms with Crippen molar-refractivity contribution in [3.05, 3.63) is 24.4 Å². The van der Waals surface area contributed by atoms with Crippen molar-refractivity contribution in [2.45, 2.75) is 13.0 Å². The number of primary amides is 1. The van der Waals surface area contributed by atoms with Crippen molar-refractivity contribution in [1.29, 1.82) is 0 Å². The summed E-state index contributed by atoms with van der Waals surface area (Å²) in [5.41, 5.74) is 5.03. The van der Waals surface area contributed by atoms with Gasteiger partial charge in [0.1, 0.15) is 5.84 Å². The first-order valence-electron chi connectivity index (χ1n) is 5.35. The van der Waals surface area contributed by atoms with E-state index in [-0.39, 0.29) is 11.4 Å². The number of nitrogens with zero attached hydrogens (tertiary/aromatic N) is 1. The van der Waals surface area contributed by atoms with E-state index in [1.165, 1.54) is 6.92 Å². The Labute approximate surface area is 109 Å². The number of amidine groups is 1. The molecule has 2 amide bonds. The molecule has 1 heterocycles. The summed E-state index contributed by atoms with van der Waals surface area (Å²) in [5, 5.41) is 4.82. The molecule has 0 fully saturated rings. The van der Waals surface area contributed by atoms with E-state index in [0.717, 1.165) is 0 Å². The molecule has 8 heteroatoms. The van der Waals surface area contributed by atoms with Crippen LogP contribution in [-0.2, 0) is 14.3 Å². The Bertz CT molecular complexity index is 481. The van der Waals surface area contributed by atoms with Crippen LogP contribution in [-0.4, -0.2) is 36.4 Å². The van der Waals surface area contributed by atoms with Gasteiger partial charge >= 0.3 is 18.0 Å². The number of aliphatic imine (C=N–C) groups is 1. The molecule has 19 heavy (non-hydrogen) atoms. The molecular formula is C11H14N4O4. The second-order valence-corrected chi connectivity index (χ2v) is 3.70. The van der Waals surface area contributed by atoms with Gasteiger partial charge in [-0.1, -0.05) is 6.58 Å². The highest BCUT2D eigenvalue weighted by molar-refractivity contribution is 6.11. The predicted molar refractivity (Wildman–Crippen MR) is 67.0 cm³/mol. The number of urea groups is 1. The van der Waals surface area contributed by atoms with E-state index in [4.69, 9.17) is 5.73 Å². The Hall–Kier alpha value is -2.64. The largest absolute Gasteiger partial charge is 0.388 e. The quantitative estimate of drug-likeness (QED) is 0.348. The zero-order valence-corrected chi connectivity index (χ0v) is 10.3. The molecule has 0 saturated carbocycles. The fourth-order valence-electron chi connectivity index (χ4n) is 1.19. The number of nitrogens with one attached hydrogen (secondary N) is 2. The van der Waals surface area contributed by atoms with Gasteiger partial charge in [-0.2, -0.15) is 0 Å². The molecule has 0 aromatic rings. The van der Waals surface area contributed by atoms with Crippen LogP contribution in [0, 0.1) is 0 Å². The highest BCUT2D eigenvalue weighted by Gasteiger charge is 2.29. The molecule has 0 spiro atoms. The number of amides is 2. The fourth-order valence-corrected chi connectivity index (χ4v) is 1.19. The van der Waals surface area contributed by atoms with Crippen LogP contribution < -0.4 is 16.4 Å².